The van der Waals surface area contributed by atoms with E-state index < -0.39 is 0 Å². The molecule has 0 atom stereocenters. The van der Waals surface area contributed by atoms with Crippen LogP contribution in [0.4, 0.5) is 5.69 Å². The van der Waals surface area contributed by atoms with E-state index in [9.17, 15) is 9.59 Å². The van der Waals surface area contributed by atoms with Gasteiger partial charge in [0.05, 0.1) is 38.6 Å². The molecule has 5 rings (SSSR count). The fourth-order valence-electron chi connectivity index (χ4n) is 4.51. The van der Waals surface area contributed by atoms with Gasteiger partial charge in [-0.1, -0.05) is 41.9 Å². The lowest BCUT2D eigenvalue weighted by Crippen LogP contribution is -2.31. The molecule has 0 N–H and O–H groups in total. The van der Waals surface area contributed by atoms with Crippen LogP contribution in [0.2, 0.25) is 5.02 Å². The van der Waals surface area contributed by atoms with Crippen molar-refractivity contribution in [3.8, 4) is 22.6 Å². The molecule has 176 valence electrons. The fraction of sp³-hybridized carbons (Fsp3) is 0.143. The molecule has 4 aromatic rings. The van der Waals surface area contributed by atoms with E-state index in [-0.39, 0.29) is 5.91 Å². The number of aromatic nitrogens is 1. The number of ether oxygens (including phenoxy) is 2. The number of rotatable bonds is 5. The van der Waals surface area contributed by atoms with Crippen molar-refractivity contribution < 1.29 is 19.1 Å². The van der Waals surface area contributed by atoms with Crippen LogP contribution in [0.25, 0.3) is 11.1 Å². The average Bonchev–Trinajstić information content (AvgIpc) is 3.19. The highest BCUT2D eigenvalue weighted by atomic mass is 35.5. The van der Waals surface area contributed by atoms with Gasteiger partial charge in [-0.25, -0.2) is 0 Å². The van der Waals surface area contributed by atoms with Gasteiger partial charge in [0.1, 0.15) is 11.5 Å². The first-order valence-corrected chi connectivity index (χ1v) is 11.5. The molecule has 0 unspecified atom stereocenters. The Hall–Kier alpha value is -4.03. The normalized spacial score (nSPS) is 12.4. The van der Waals surface area contributed by atoms with Crippen LogP contribution in [0, 0.1) is 0 Å². The monoisotopic (exact) mass is 486 g/mol. The Balaban J connectivity index is 1.60. The summed E-state index contributed by atoms with van der Waals surface area (Å²) in [5.74, 6) is 0.884. The van der Waals surface area contributed by atoms with Gasteiger partial charge >= 0.3 is 0 Å². The fourth-order valence-corrected chi connectivity index (χ4v) is 4.79. The Morgan fingerprint density at radius 1 is 0.943 bits per heavy atom. The zero-order valence-corrected chi connectivity index (χ0v) is 20.1. The van der Waals surface area contributed by atoms with Gasteiger partial charge in [-0.3, -0.25) is 9.59 Å². The average molecular weight is 487 g/mol. The minimum Gasteiger partial charge on any atom is -0.497 e. The minimum absolute atomic E-state index is 0.240. The zero-order chi connectivity index (χ0) is 24.5. The number of hydrogen-bond acceptors (Lipinski definition) is 4. The smallest absolute Gasteiger partial charge is 0.262 e. The van der Waals surface area contributed by atoms with Crippen LogP contribution in [0.1, 0.15) is 32.1 Å². The molecule has 7 heteroatoms. The SMILES string of the molecule is COc1cccc(-c2cc(OC)c(C(=O)N3Cc4ccc(C=O)n4Cc4ccccc43)cc2Cl)c1. The number of hydrogen-bond donors (Lipinski definition) is 0. The van der Waals surface area contributed by atoms with Crippen molar-refractivity contribution in [1.29, 1.82) is 0 Å². The number of nitrogens with zero attached hydrogens (tertiary/aromatic N) is 2. The molecular weight excluding hydrogens is 464 g/mol. The quantitative estimate of drug-likeness (QED) is 0.332. The number of aldehydes is 1. The van der Waals surface area contributed by atoms with Gasteiger partial charge in [0.15, 0.2) is 6.29 Å². The van der Waals surface area contributed by atoms with Crippen molar-refractivity contribution in [2.24, 2.45) is 0 Å². The third-order valence-electron chi connectivity index (χ3n) is 6.30. The third kappa shape index (κ3) is 4.06. The molecule has 35 heavy (non-hydrogen) atoms. The highest BCUT2D eigenvalue weighted by Gasteiger charge is 2.28. The number of amides is 1. The summed E-state index contributed by atoms with van der Waals surface area (Å²) in [6.45, 7) is 0.811. The Kier molecular flexibility index (Phi) is 6.05. The maximum Gasteiger partial charge on any atom is 0.262 e. The Labute approximate surface area is 208 Å². The minimum atomic E-state index is -0.240. The first kappa shape index (κ1) is 22.7. The van der Waals surface area contributed by atoms with Gasteiger partial charge in [-0.2, -0.15) is 0 Å². The summed E-state index contributed by atoms with van der Waals surface area (Å²) in [4.78, 5) is 27.3. The molecule has 0 spiro atoms. The maximum absolute atomic E-state index is 14.0. The molecule has 0 saturated carbocycles. The van der Waals surface area contributed by atoms with Gasteiger partial charge in [0, 0.05) is 22.0 Å². The second-order valence-electron chi connectivity index (χ2n) is 8.24. The van der Waals surface area contributed by atoms with Gasteiger partial charge in [0.25, 0.3) is 5.91 Å². The van der Waals surface area contributed by atoms with Crippen LogP contribution >= 0.6 is 11.6 Å². The first-order valence-electron chi connectivity index (χ1n) is 11.1. The topological polar surface area (TPSA) is 60.8 Å². The maximum atomic E-state index is 14.0. The number of fused-ring (bicyclic) bond motifs is 2. The number of carbonyl (C=O) groups excluding carboxylic acids is 2. The van der Waals surface area contributed by atoms with Crippen LogP contribution in [0.5, 0.6) is 11.5 Å². The first-order chi connectivity index (χ1) is 17.0. The van der Waals surface area contributed by atoms with E-state index in [0.717, 1.165) is 34.4 Å². The molecule has 0 aliphatic carbocycles. The van der Waals surface area contributed by atoms with Gasteiger partial charge in [-0.05, 0) is 53.6 Å². The van der Waals surface area contributed by atoms with Crippen molar-refractivity contribution >= 4 is 29.5 Å². The molecule has 0 fully saturated rings. The summed E-state index contributed by atoms with van der Waals surface area (Å²) in [5.41, 5.74) is 5.12. The van der Waals surface area contributed by atoms with Crippen LogP contribution in [0.15, 0.2) is 72.8 Å². The molecular formula is C28H23ClN2O4. The van der Waals surface area contributed by atoms with E-state index in [2.05, 4.69) is 0 Å². The van der Waals surface area contributed by atoms with Crippen LogP contribution < -0.4 is 14.4 Å². The molecule has 1 amide bonds. The molecule has 1 aromatic heterocycles. The van der Waals surface area contributed by atoms with E-state index >= 15 is 0 Å². The predicted molar refractivity (Wildman–Crippen MR) is 136 cm³/mol. The Bertz CT molecular complexity index is 1440. The summed E-state index contributed by atoms with van der Waals surface area (Å²) in [7, 11) is 3.14. The zero-order valence-electron chi connectivity index (χ0n) is 19.3. The standard InChI is InChI=1S/C28H23ClN2O4/c1-34-22-8-5-7-18(12-22)23-14-27(35-2)24(13-25(23)29)28(33)31-16-20-10-11-21(17-32)30(20)15-19-6-3-4-9-26(19)31/h3-14,17H,15-16H2,1-2H3. The van der Waals surface area contributed by atoms with E-state index in [1.54, 1.807) is 30.2 Å². The Morgan fingerprint density at radius 2 is 1.77 bits per heavy atom. The predicted octanol–water partition coefficient (Wildman–Crippen LogP) is 5.85. The molecule has 0 saturated heterocycles. The number of carbonyl (C=O) groups is 2. The molecule has 0 radical (unpaired) electrons. The second-order valence-corrected chi connectivity index (χ2v) is 8.65. The summed E-state index contributed by atoms with van der Waals surface area (Å²) >= 11 is 6.70. The summed E-state index contributed by atoms with van der Waals surface area (Å²) in [6.07, 6.45) is 0.837. The number of halogens is 1. The van der Waals surface area contributed by atoms with E-state index in [4.69, 9.17) is 21.1 Å². The summed E-state index contributed by atoms with van der Waals surface area (Å²) in [5, 5.41) is 0.428. The molecule has 3 aromatic carbocycles. The Morgan fingerprint density at radius 3 is 2.54 bits per heavy atom. The van der Waals surface area contributed by atoms with Crippen molar-refractivity contribution in [2.45, 2.75) is 13.1 Å². The third-order valence-corrected chi connectivity index (χ3v) is 6.61. The number of para-hydroxylation sites is 1. The summed E-state index contributed by atoms with van der Waals surface area (Å²) < 4.78 is 12.9. The van der Waals surface area contributed by atoms with Crippen molar-refractivity contribution in [3.63, 3.8) is 0 Å². The molecule has 1 aliphatic heterocycles. The lowest BCUT2D eigenvalue weighted by atomic mass is 10.0. The molecule has 1 aliphatic rings. The van der Waals surface area contributed by atoms with E-state index in [1.165, 1.54) is 7.11 Å². The summed E-state index contributed by atoms with van der Waals surface area (Å²) in [6, 6.07) is 22.3. The molecule has 2 heterocycles. The van der Waals surface area contributed by atoms with Crippen LogP contribution in [-0.2, 0) is 13.1 Å². The van der Waals surface area contributed by atoms with Crippen molar-refractivity contribution in [1.82, 2.24) is 4.57 Å². The van der Waals surface area contributed by atoms with E-state index in [1.807, 2.05) is 59.2 Å². The van der Waals surface area contributed by atoms with Gasteiger partial charge in [0.2, 0.25) is 0 Å². The lowest BCUT2D eigenvalue weighted by molar-refractivity contribution is 0.0981. The number of methoxy groups -OCH3 is 2. The molecule has 0 bridgehead atoms. The lowest BCUT2D eigenvalue weighted by Gasteiger charge is -2.24. The molecule has 6 nitrogen and oxygen atoms in total. The van der Waals surface area contributed by atoms with Crippen molar-refractivity contribution in [3.05, 3.63) is 100 Å². The van der Waals surface area contributed by atoms with Gasteiger partial charge < -0.3 is 18.9 Å². The highest BCUT2D eigenvalue weighted by molar-refractivity contribution is 6.34. The second kappa shape index (κ2) is 9.31. The van der Waals surface area contributed by atoms with Crippen molar-refractivity contribution in [2.75, 3.05) is 19.1 Å². The highest BCUT2D eigenvalue weighted by Crippen LogP contribution is 2.38. The largest absolute Gasteiger partial charge is 0.497 e. The number of benzene rings is 3. The van der Waals surface area contributed by atoms with Gasteiger partial charge in [-0.15, -0.1) is 0 Å². The van der Waals surface area contributed by atoms with E-state index in [0.29, 0.717) is 40.9 Å². The van der Waals surface area contributed by atoms with Crippen LogP contribution in [0.3, 0.4) is 0 Å². The van der Waals surface area contributed by atoms with Crippen LogP contribution in [-0.4, -0.2) is 31.0 Å². The number of anilines is 1.